The standard InChI is InChI=1S/C26H39N7O/c1-5-6-7-11-29-25-24-22(30-26(27)31-25)10-12-33(24)17-20-9-8-19(13-23(20)34-4)14-32-15-21(16-32)18(2)28-3/h8-10,12-13,18,21,28H,5-7,11,14-17H2,1-4H3,(H3,27,29,30,31). The number of nitrogen functional groups attached to an aromatic ring is 1. The number of ether oxygens (including phenoxy) is 1. The van der Waals surface area contributed by atoms with E-state index in [1.807, 2.05) is 19.3 Å². The molecular weight excluding hydrogens is 426 g/mol. The quantitative estimate of drug-likeness (QED) is 0.351. The fourth-order valence-electron chi connectivity index (χ4n) is 4.71. The SMILES string of the molecule is CCCCCNc1nc(N)nc2ccn(Cc3ccc(CN4CC(C(C)NC)C4)cc3OC)c12. The number of nitrogens with two attached hydrogens (primary N) is 1. The van der Waals surface area contributed by atoms with Crippen LogP contribution in [0.4, 0.5) is 11.8 Å². The molecule has 34 heavy (non-hydrogen) atoms. The van der Waals surface area contributed by atoms with Gasteiger partial charge >= 0.3 is 0 Å². The van der Waals surface area contributed by atoms with Crippen LogP contribution in [0.1, 0.15) is 44.2 Å². The van der Waals surface area contributed by atoms with Crippen molar-refractivity contribution in [3.05, 3.63) is 41.6 Å². The highest BCUT2D eigenvalue weighted by Crippen LogP contribution is 2.28. The summed E-state index contributed by atoms with van der Waals surface area (Å²) in [5, 5.41) is 6.84. The Morgan fingerprint density at radius 2 is 2.00 bits per heavy atom. The van der Waals surface area contributed by atoms with Gasteiger partial charge in [-0.15, -0.1) is 0 Å². The second-order valence-electron chi connectivity index (χ2n) is 9.42. The van der Waals surface area contributed by atoms with Gasteiger partial charge in [0, 0.05) is 44.0 Å². The van der Waals surface area contributed by atoms with E-state index in [0.29, 0.717) is 18.5 Å². The van der Waals surface area contributed by atoms with Crippen LogP contribution in [0.15, 0.2) is 30.5 Å². The third-order valence-corrected chi connectivity index (χ3v) is 6.95. The molecule has 4 rings (SSSR count). The average Bonchev–Trinajstić information content (AvgIpc) is 3.21. The van der Waals surface area contributed by atoms with Gasteiger partial charge in [0.15, 0.2) is 5.82 Å². The number of hydrogen-bond acceptors (Lipinski definition) is 7. The smallest absolute Gasteiger partial charge is 0.222 e. The molecule has 0 amide bonds. The lowest BCUT2D eigenvalue weighted by Gasteiger charge is -2.42. The molecule has 0 bridgehead atoms. The fraction of sp³-hybridized carbons (Fsp3) is 0.538. The lowest BCUT2D eigenvalue weighted by atomic mass is 9.92. The summed E-state index contributed by atoms with van der Waals surface area (Å²) in [7, 11) is 3.78. The topological polar surface area (TPSA) is 93.3 Å². The number of fused-ring (bicyclic) bond motifs is 1. The Morgan fingerprint density at radius 3 is 2.74 bits per heavy atom. The van der Waals surface area contributed by atoms with Gasteiger partial charge in [0.25, 0.3) is 0 Å². The molecule has 1 aliphatic heterocycles. The van der Waals surface area contributed by atoms with Crippen molar-refractivity contribution in [2.75, 3.05) is 44.8 Å². The number of aromatic nitrogens is 3. The molecule has 1 aliphatic rings. The monoisotopic (exact) mass is 465 g/mol. The maximum atomic E-state index is 5.97. The molecule has 0 aliphatic carbocycles. The first-order chi connectivity index (χ1) is 16.5. The van der Waals surface area contributed by atoms with E-state index < -0.39 is 0 Å². The molecule has 8 heteroatoms. The highest BCUT2D eigenvalue weighted by atomic mass is 16.5. The molecule has 1 fully saturated rings. The van der Waals surface area contributed by atoms with Gasteiger partial charge in [0.2, 0.25) is 5.95 Å². The molecule has 2 aromatic heterocycles. The van der Waals surface area contributed by atoms with Gasteiger partial charge in [-0.1, -0.05) is 31.9 Å². The van der Waals surface area contributed by atoms with Crippen molar-refractivity contribution in [1.82, 2.24) is 24.8 Å². The number of anilines is 2. The highest BCUT2D eigenvalue weighted by molar-refractivity contribution is 5.87. The summed E-state index contributed by atoms with van der Waals surface area (Å²) >= 11 is 0. The number of nitrogens with one attached hydrogen (secondary N) is 2. The van der Waals surface area contributed by atoms with Gasteiger partial charge < -0.3 is 25.7 Å². The van der Waals surface area contributed by atoms with Crippen LogP contribution >= 0.6 is 0 Å². The number of unbranched alkanes of at least 4 members (excludes halogenated alkanes) is 2. The predicted octanol–water partition coefficient (Wildman–Crippen LogP) is 3.71. The second kappa shape index (κ2) is 11.1. The maximum absolute atomic E-state index is 5.97. The number of nitrogens with zero attached hydrogens (tertiary/aromatic N) is 4. The molecule has 1 atom stereocenters. The summed E-state index contributed by atoms with van der Waals surface area (Å²) in [6.07, 6.45) is 5.52. The number of benzene rings is 1. The zero-order valence-electron chi connectivity index (χ0n) is 21.0. The zero-order valence-corrected chi connectivity index (χ0v) is 21.0. The van der Waals surface area contributed by atoms with Crippen molar-refractivity contribution in [3.8, 4) is 5.75 Å². The third-order valence-electron chi connectivity index (χ3n) is 6.95. The van der Waals surface area contributed by atoms with E-state index in [0.717, 1.165) is 66.7 Å². The summed E-state index contributed by atoms with van der Waals surface area (Å²) in [6.45, 7) is 9.24. The summed E-state index contributed by atoms with van der Waals surface area (Å²) < 4.78 is 7.96. The molecule has 0 saturated carbocycles. The van der Waals surface area contributed by atoms with Gasteiger partial charge in [0.05, 0.1) is 19.2 Å². The molecular formula is C26H39N7O. The van der Waals surface area contributed by atoms with E-state index in [1.54, 1.807) is 7.11 Å². The van der Waals surface area contributed by atoms with Crippen LogP contribution in [0.5, 0.6) is 5.75 Å². The Labute approximate surface area is 202 Å². The van der Waals surface area contributed by atoms with E-state index >= 15 is 0 Å². The predicted molar refractivity (Wildman–Crippen MR) is 139 cm³/mol. The van der Waals surface area contributed by atoms with Crippen molar-refractivity contribution in [3.63, 3.8) is 0 Å². The summed E-state index contributed by atoms with van der Waals surface area (Å²) in [5.41, 5.74) is 10.2. The van der Waals surface area contributed by atoms with Gasteiger partial charge in [-0.2, -0.15) is 4.98 Å². The molecule has 0 radical (unpaired) electrons. The number of methoxy groups -OCH3 is 1. The van der Waals surface area contributed by atoms with E-state index in [2.05, 4.69) is 62.1 Å². The summed E-state index contributed by atoms with van der Waals surface area (Å²) in [5.74, 6) is 2.73. The first-order valence-electron chi connectivity index (χ1n) is 12.4. The Bertz CT molecular complexity index is 1090. The lowest BCUT2D eigenvalue weighted by molar-refractivity contribution is 0.0708. The normalized spacial score (nSPS) is 15.4. The van der Waals surface area contributed by atoms with E-state index in [-0.39, 0.29) is 0 Å². The lowest BCUT2D eigenvalue weighted by Crippen LogP contribution is -2.53. The van der Waals surface area contributed by atoms with Crippen LogP contribution in [0.3, 0.4) is 0 Å². The van der Waals surface area contributed by atoms with E-state index in [1.165, 1.54) is 18.4 Å². The minimum atomic E-state index is 0.294. The molecule has 184 valence electrons. The highest BCUT2D eigenvalue weighted by Gasteiger charge is 2.30. The summed E-state index contributed by atoms with van der Waals surface area (Å²) in [4.78, 5) is 11.4. The van der Waals surface area contributed by atoms with Gasteiger partial charge in [-0.05, 0) is 44.0 Å². The van der Waals surface area contributed by atoms with Crippen LogP contribution in [0.2, 0.25) is 0 Å². The van der Waals surface area contributed by atoms with Crippen LogP contribution in [0, 0.1) is 5.92 Å². The Morgan fingerprint density at radius 1 is 1.18 bits per heavy atom. The minimum absolute atomic E-state index is 0.294. The molecule has 1 aromatic carbocycles. The van der Waals surface area contributed by atoms with Crippen molar-refractivity contribution >= 4 is 22.8 Å². The molecule has 1 unspecified atom stereocenters. The summed E-state index contributed by atoms with van der Waals surface area (Å²) in [6, 6.07) is 9.14. The number of likely N-dealkylation sites (tertiary alicyclic amines) is 1. The first-order valence-corrected chi connectivity index (χ1v) is 12.4. The van der Waals surface area contributed by atoms with Gasteiger partial charge in [0.1, 0.15) is 11.3 Å². The largest absolute Gasteiger partial charge is 0.496 e. The Kier molecular flexibility index (Phi) is 7.90. The average molecular weight is 466 g/mol. The Balaban J connectivity index is 1.49. The Hall–Kier alpha value is -2.84. The second-order valence-corrected chi connectivity index (χ2v) is 9.42. The van der Waals surface area contributed by atoms with Gasteiger partial charge in [-0.25, -0.2) is 4.98 Å². The molecule has 0 spiro atoms. The molecule has 3 heterocycles. The zero-order chi connectivity index (χ0) is 24.1. The van der Waals surface area contributed by atoms with E-state index in [4.69, 9.17) is 10.5 Å². The van der Waals surface area contributed by atoms with Crippen LogP contribution in [-0.2, 0) is 13.1 Å². The minimum Gasteiger partial charge on any atom is -0.496 e. The first kappa shape index (κ1) is 24.3. The van der Waals surface area contributed by atoms with Crippen molar-refractivity contribution in [1.29, 1.82) is 0 Å². The molecule has 3 aromatic rings. The van der Waals surface area contributed by atoms with Gasteiger partial charge in [-0.3, -0.25) is 4.90 Å². The third kappa shape index (κ3) is 5.45. The maximum Gasteiger partial charge on any atom is 0.222 e. The van der Waals surface area contributed by atoms with Crippen LogP contribution in [-0.4, -0.2) is 59.3 Å². The molecule has 4 N–H and O–H groups in total. The van der Waals surface area contributed by atoms with Crippen LogP contribution in [0.25, 0.3) is 11.0 Å². The van der Waals surface area contributed by atoms with Crippen molar-refractivity contribution < 1.29 is 4.74 Å². The van der Waals surface area contributed by atoms with Crippen LogP contribution < -0.4 is 21.1 Å². The van der Waals surface area contributed by atoms with Crippen molar-refractivity contribution in [2.24, 2.45) is 5.92 Å². The fourth-order valence-corrected chi connectivity index (χ4v) is 4.71. The number of rotatable bonds is 12. The molecule has 8 nitrogen and oxygen atoms in total. The van der Waals surface area contributed by atoms with Crippen molar-refractivity contribution in [2.45, 2.75) is 52.2 Å². The number of hydrogen-bond donors (Lipinski definition) is 3. The van der Waals surface area contributed by atoms with E-state index in [9.17, 15) is 0 Å². The molecule has 1 saturated heterocycles.